The van der Waals surface area contributed by atoms with Crippen molar-refractivity contribution >= 4 is 15.9 Å². The fourth-order valence-corrected chi connectivity index (χ4v) is 2.84. The number of aliphatic hydroxyl groups is 1. The van der Waals surface area contributed by atoms with Crippen LogP contribution in [0.4, 0.5) is 0 Å². The molecule has 0 bridgehead atoms. The lowest BCUT2D eigenvalue weighted by Gasteiger charge is -2.10. The Morgan fingerprint density at radius 1 is 1.21 bits per heavy atom. The molecule has 2 aromatic rings. The van der Waals surface area contributed by atoms with Crippen molar-refractivity contribution in [3.63, 3.8) is 0 Å². The number of benzene rings is 2. The molecule has 0 aromatic heterocycles. The highest BCUT2D eigenvalue weighted by atomic mass is 79.9. The lowest BCUT2D eigenvalue weighted by atomic mass is 10.1. The van der Waals surface area contributed by atoms with Gasteiger partial charge in [-0.15, -0.1) is 0 Å². The summed E-state index contributed by atoms with van der Waals surface area (Å²) < 4.78 is 6.88. The number of hydrogen-bond donors (Lipinski definition) is 1. The third-order valence-corrected chi connectivity index (χ3v) is 4.29. The van der Waals surface area contributed by atoms with Crippen molar-refractivity contribution in [3.05, 3.63) is 63.6 Å². The van der Waals surface area contributed by atoms with Gasteiger partial charge in [0.25, 0.3) is 0 Å². The van der Waals surface area contributed by atoms with Crippen LogP contribution in [0.2, 0.25) is 0 Å². The molecule has 1 N–H and O–H groups in total. The molecule has 3 rings (SSSR count). The van der Waals surface area contributed by atoms with E-state index in [9.17, 15) is 5.11 Å². The lowest BCUT2D eigenvalue weighted by Crippen LogP contribution is -1.97. The number of aliphatic hydroxyl groups excluding tert-OH is 1. The van der Waals surface area contributed by atoms with E-state index in [0.717, 1.165) is 34.2 Å². The first kappa shape index (κ1) is 12.7. The van der Waals surface area contributed by atoms with Crippen LogP contribution in [0, 0.1) is 0 Å². The molecule has 2 aromatic carbocycles. The monoisotopic (exact) mass is 318 g/mol. The molecule has 98 valence electrons. The zero-order valence-corrected chi connectivity index (χ0v) is 12.1. The molecule has 0 heterocycles. The van der Waals surface area contributed by atoms with Gasteiger partial charge in [0.1, 0.15) is 12.4 Å². The topological polar surface area (TPSA) is 29.5 Å². The van der Waals surface area contributed by atoms with Crippen molar-refractivity contribution in [2.75, 3.05) is 0 Å². The fourth-order valence-electron chi connectivity index (χ4n) is 2.44. The van der Waals surface area contributed by atoms with Crippen molar-refractivity contribution in [3.8, 4) is 5.75 Å². The molecule has 0 aliphatic heterocycles. The van der Waals surface area contributed by atoms with Crippen LogP contribution in [0.1, 0.15) is 29.2 Å². The summed E-state index contributed by atoms with van der Waals surface area (Å²) in [7, 11) is 0. The zero-order chi connectivity index (χ0) is 13.2. The van der Waals surface area contributed by atoms with Gasteiger partial charge in [-0.1, -0.05) is 40.2 Å². The Bertz CT molecular complexity index is 595. The van der Waals surface area contributed by atoms with Gasteiger partial charge < -0.3 is 9.84 Å². The van der Waals surface area contributed by atoms with Crippen molar-refractivity contribution in [2.45, 2.75) is 25.6 Å². The van der Waals surface area contributed by atoms with E-state index in [0.29, 0.717) is 6.61 Å². The molecular formula is C16H15BrO2. The highest BCUT2D eigenvalue weighted by Gasteiger charge is 2.20. The molecular weight excluding hydrogens is 304 g/mol. The molecule has 0 saturated heterocycles. The SMILES string of the molecule is OC1CCc2cc(OCc3ccccc3Br)ccc21. The highest BCUT2D eigenvalue weighted by Crippen LogP contribution is 2.33. The van der Waals surface area contributed by atoms with Crippen LogP contribution in [-0.4, -0.2) is 5.11 Å². The first-order valence-corrected chi connectivity index (χ1v) is 7.20. The second-order valence-electron chi connectivity index (χ2n) is 4.80. The highest BCUT2D eigenvalue weighted by molar-refractivity contribution is 9.10. The molecule has 2 nitrogen and oxygen atoms in total. The maximum Gasteiger partial charge on any atom is 0.120 e. The van der Waals surface area contributed by atoms with Crippen molar-refractivity contribution < 1.29 is 9.84 Å². The summed E-state index contributed by atoms with van der Waals surface area (Å²) in [5.74, 6) is 0.864. The normalized spacial score (nSPS) is 17.3. The Hall–Kier alpha value is -1.32. The van der Waals surface area contributed by atoms with Gasteiger partial charge in [-0.25, -0.2) is 0 Å². The summed E-state index contributed by atoms with van der Waals surface area (Å²) in [5, 5.41) is 9.77. The molecule has 0 saturated carbocycles. The van der Waals surface area contributed by atoms with E-state index in [2.05, 4.69) is 15.9 Å². The van der Waals surface area contributed by atoms with Crippen LogP contribution in [-0.2, 0) is 13.0 Å². The molecule has 1 atom stereocenters. The van der Waals surface area contributed by atoms with Crippen molar-refractivity contribution in [2.24, 2.45) is 0 Å². The van der Waals surface area contributed by atoms with Gasteiger partial charge >= 0.3 is 0 Å². The van der Waals surface area contributed by atoms with Crippen LogP contribution in [0.25, 0.3) is 0 Å². The van der Waals surface area contributed by atoms with E-state index >= 15 is 0 Å². The lowest BCUT2D eigenvalue weighted by molar-refractivity contribution is 0.180. The van der Waals surface area contributed by atoms with E-state index in [1.54, 1.807) is 0 Å². The van der Waals surface area contributed by atoms with Gasteiger partial charge in [0.2, 0.25) is 0 Å². The Labute approximate surface area is 121 Å². The van der Waals surface area contributed by atoms with E-state index in [1.807, 2.05) is 42.5 Å². The van der Waals surface area contributed by atoms with E-state index < -0.39 is 0 Å². The summed E-state index contributed by atoms with van der Waals surface area (Å²) in [4.78, 5) is 0. The van der Waals surface area contributed by atoms with Gasteiger partial charge in [0, 0.05) is 10.0 Å². The minimum absolute atomic E-state index is 0.299. The smallest absolute Gasteiger partial charge is 0.120 e. The Morgan fingerprint density at radius 2 is 2.05 bits per heavy atom. The second-order valence-corrected chi connectivity index (χ2v) is 5.65. The average Bonchev–Trinajstić information content (AvgIpc) is 2.79. The third-order valence-electron chi connectivity index (χ3n) is 3.51. The maximum atomic E-state index is 9.77. The predicted octanol–water partition coefficient (Wildman–Crippen LogP) is 4.01. The van der Waals surface area contributed by atoms with Crippen LogP contribution < -0.4 is 4.74 Å². The van der Waals surface area contributed by atoms with Crippen LogP contribution in [0.5, 0.6) is 5.75 Å². The fraction of sp³-hybridized carbons (Fsp3) is 0.250. The molecule has 19 heavy (non-hydrogen) atoms. The minimum Gasteiger partial charge on any atom is -0.489 e. The summed E-state index contributed by atoms with van der Waals surface area (Å²) in [6.45, 7) is 0.544. The molecule has 0 spiro atoms. The summed E-state index contributed by atoms with van der Waals surface area (Å²) in [6, 6.07) is 14.0. The molecule has 0 fully saturated rings. The van der Waals surface area contributed by atoms with Crippen molar-refractivity contribution in [1.82, 2.24) is 0 Å². The maximum absolute atomic E-state index is 9.77. The van der Waals surface area contributed by atoms with Gasteiger partial charge in [0.05, 0.1) is 6.10 Å². The second kappa shape index (κ2) is 5.35. The molecule has 3 heteroatoms. The average molecular weight is 319 g/mol. The van der Waals surface area contributed by atoms with E-state index in [-0.39, 0.29) is 6.10 Å². The largest absolute Gasteiger partial charge is 0.489 e. The first-order valence-electron chi connectivity index (χ1n) is 6.41. The summed E-state index contributed by atoms with van der Waals surface area (Å²) >= 11 is 3.51. The number of halogens is 1. The summed E-state index contributed by atoms with van der Waals surface area (Å²) in [5.41, 5.74) is 3.38. The minimum atomic E-state index is -0.299. The third kappa shape index (κ3) is 2.67. The quantitative estimate of drug-likeness (QED) is 0.926. The molecule has 1 aliphatic carbocycles. The number of hydrogen-bond acceptors (Lipinski definition) is 2. The molecule has 0 radical (unpaired) electrons. The number of ether oxygens (including phenoxy) is 1. The summed E-state index contributed by atoms with van der Waals surface area (Å²) in [6.07, 6.45) is 1.46. The number of fused-ring (bicyclic) bond motifs is 1. The van der Waals surface area contributed by atoms with E-state index in [4.69, 9.17) is 4.74 Å². The predicted molar refractivity (Wildman–Crippen MR) is 78.2 cm³/mol. The Balaban J connectivity index is 1.73. The van der Waals surface area contributed by atoms with E-state index in [1.165, 1.54) is 5.56 Å². The molecule has 1 unspecified atom stereocenters. The van der Waals surface area contributed by atoms with Gasteiger partial charge in [-0.3, -0.25) is 0 Å². The van der Waals surface area contributed by atoms with Crippen LogP contribution in [0.15, 0.2) is 46.9 Å². The van der Waals surface area contributed by atoms with Gasteiger partial charge in [0.15, 0.2) is 0 Å². The van der Waals surface area contributed by atoms with Crippen molar-refractivity contribution in [1.29, 1.82) is 0 Å². The van der Waals surface area contributed by atoms with Gasteiger partial charge in [-0.05, 0) is 42.2 Å². The Morgan fingerprint density at radius 3 is 2.89 bits per heavy atom. The van der Waals surface area contributed by atoms with Crippen LogP contribution in [0.3, 0.4) is 0 Å². The van der Waals surface area contributed by atoms with Gasteiger partial charge in [-0.2, -0.15) is 0 Å². The molecule has 1 aliphatic rings. The number of aryl methyl sites for hydroxylation is 1. The van der Waals surface area contributed by atoms with Crippen LogP contribution >= 0.6 is 15.9 Å². The zero-order valence-electron chi connectivity index (χ0n) is 10.5. The Kier molecular flexibility index (Phi) is 3.58. The molecule has 0 amide bonds. The number of rotatable bonds is 3. The first-order chi connectivity index (χ1) is 9.24. The standard InChI is InChI=1S/C16H15BrO2/c17-15-4-2-1-3-12(15)10-19-13-6-7-14-11(9-13)5-8-16(14)18/h1-4,6-7,9,16,18H,5,8,10H2.